The Labute approximate surface area is 167 Å². The van der Waals surface area contributed by atoms with E-state index in [4.69, 9.17) is 11.6 Å². The maximum atomic E-state index is 11.2. The van der Waals surface area contributed by atoms with Gasteiger partial charge in [-0.25, -0.2) is 0 Å². The molecule has 27 heavy (non-hydrogen) atoms. The molecular weight excluding hydrogens is 358 g/mol. The van der Waals surface area contributed by atoms with E-state index in [9.17, 15) is 10.2 Å². The Morgan fingerprint density at radius 2 is 1.63 bits per heavy atom. The molecule has 2 aromatic carbocycles. The van der Waals surface area contributed by atoms with E-state index in [1.807, 2.05) is 43.3 Å². The third kappa shape index (κ3) is 5.11. The molecule has 0 aliphatic carbocycles. The Bertz CT molecular complexity index is 747. The molecule has 3 rings (SSSR count). The lowest BCUT2D eigenvalue weighted by molar-refractivity contribution is -0.0450. The van der Waals surface area contributed by atoms with E-state index in [-0.39, 0.29) is 18.2 Å². The summed E-state index contributed by atoms with van der Waals surface area (Å²) in [4.78, 5) is 2.33. The fourth-order valence-electron chi connectivity index (χ4n) is 4.35. The summed E-state index contributed by atoms with van der Waals surface area (Å²) in [5.41, 5.74) is 2.51. The molecule has 2 N–H and O–H groups in total. The van der Waals surface area contributed by atoms with Crippen LogP contribution in [0.3, 0.4) is 0 Å². The molecule has 0 amide bonds. The summed E-state index contributed by atoms with van der Waals surface area (Å²) in [5.74, 6) is 0. The molecule has 2 aromatic rings. The smallest absolute Gasteiger partial charge is 0.0786 e. The van der Waals surface area contributed by atoms with E-state index in [0.29, 0.717) is 13.0 Å². The molecule has 146 valence electrons. The van der Waals surface area contributed by atoms with Crippen LogP contribution in [-0.2, 0) is 6.42 Å². The van der Waals surface area contributed by atoms with Crippen molar-refractivity contribution >= 4 is 11.6 Å². The largest absolute Gasteiger partial charge is 0.393 e. The summed E-state index contributed by atoms with van der Waals surface area (Å²) < 4.78 is 0. The van der Waals surface area contributed by atoms with Crippen LogP contribution in [0.15, 0.2) is 48.5 Å². The van der Waals surface area contributed by atoms with Crippen LogP contribution in [0.25, 0.3) is 11.1 Å². The number of benzene rings is 2. The van der Waals surface area contributed by atoms with Crippen LogP contribution in [0.5, 0.6) is 0 Å². The molecule has 3 nitrogen and oxygen atoms in total. The van der Waals surface area contributed by atoms with Crippen LogP contribution >= 0.6 is 11.6 Å². The number of rotatable bonds is 5. The monoisotopic (exact) mass is 387 g/mol. The number of aliphatic hydroxyl groups excluding tert-OH is 1. The van der Waals surface area contributed by atoms with Crippen LogP contribution in [0, 0.1) is 0 Å². The lowest BCUT2D eigenvalue weighted by Crippen LogP contribution is -2.54. The number of hydrogen-bond acceptors (Lipinski definition) is 3. The average molecular weight is 388 g/mol. The maximum absolute atomic E-state index is 11.2. The van der Waals surface area contributed by atoms with Crippen molar-refractivity contribution in [1.29, 1.82) is 0 Å². The van der Waals surface area contributed by atoms with Gasteiger partial charge in [0.1, 0.15) is 0 Å². The highest BCUT2D eigenvalue weighted by atomic mass is 35.5. The van der Waals surface area contributed by atoms with E-state index in [2.05, 4.69) is 30.9 Å². The Morgan fingerprint density at radius 1 is 1.04 bits per heavy atom. The second-order valence-corrected chi connectivity index (χ2v) is 8.77. The quantitative estimate of drug-likeness (QED) is 0.791. The van der Waals surface area contributed by atoms with Crippen LogP contribution in [0.4, 0.5) is 0 Å². The second kappa shape index (κ2) is 8.32. The van der Waals surface area contributed by atoms with Gasteiger partial charge in [-0.15, -0.1) is 0 Å². The molecule has 4 heteroatoms. The Kier molecular flexibility index (Phi) is 6.27. The van der Waals surface area contributed by atoms with Gasteiger partial charge in [0, 0.05) is 30.1 Å². The normalized spacial score (nSPS) is 25.9. The second-order valence-electron chi connectivity index (χ2n) is 8.33. The average Bonchev–Trinajstić information content (AvgIpc) is 2.59. The molecular formula is C23H30ClNO2. The Morgan fingerprint density at radius 3 is 2.26 bits per heavy atom. The predicted octanol–water partition coefficient (Wildman–Crippen LogP) is 4.53. The van der Waals surface area contributed by atoms with Gasteiger partial charge in [-0.2, -0.15) is 0 Å². The van der Waals surface area contributed by atoms with Crippen molar-refractivity contribution in [2.45, 2.75) is 63.8 Å². The van der Waals surface area contributed by atoms with Gasteiger partial charge < -0.3 is 10.2 Å². The zero-order chi connectivity index (χ0) is 19.6. The molecule has 3 unspecified atom stereocenters. The summed E-state index contributed by atoms with van der Waals surface area (Å²) in [7, 11) is 0. The first-order chi connectivity index (χ1) is 12.7. The molecule has 1 saturated heterocycles. The van der Waals surface area contributed by atoms with Crippen molar-refractivity contribution in [2.75, 3.05) is 6.54 Å². The van der Waals surface area contributed by atoms with Gasteiger partial charge in [-0.1, -0.05) is 48.0 Å². The third-order valence-corrected chi connectivity index (χ3v) is 5.88. The Balaban J connectivity index is 1.79. The van der Waals surface area contributed by atoms with Crippen molar-refractivity contribution in [1.82, 2.24) is 4.90 Å². The number of nitrogens with zero attached hydrogens (tertiary/aromatic N) is 1. The van der Waals surface area contributed by atoms with E-state index in [0.717, 1.165) is 34.6 Å². The number of aliphatic hydroxyl groups is 2. The lowest BCUT2D eigenvalue weighted by atomic mass is 9.87. The summed E-state index contributed by atoms with van der Waals surface area (Å²) in [5, 5.41) is 21.9. The van der Waals surface area contributed by atoms with Crippen molar-refractivity contribution in [3.8, 4) is 11.1 Å². The van der Waals surface area contributed by atoms with Crippen molar-refractivity contribution in [3.05, 3.63) is 59.1 Å². The molecule has 0 bridgehead atoms. The Hall–Kier alpha value is -1.39. The predicted molar refractivity (Wildman–Crippen MR) is 112 cm³/mol. The van der Waals surface area contributed by atoms with Gasteiger partial charge in [0.15, 0.2) is 0 Å². The molecule has 0 spiro atoms. The van der Waals surface area contributed by atoms with E-state index >= 15 is 0 Å². The van der Waals surface area contributed by atoms with Crippen molar-refractivity contribution < 1.29 is 10.2 Å². The highest BCUT2D eigenvalue weighted by Gasteiger charge is 2.35. The van der Waals surface area contributed by atoms with Gasteiger partial charge in [-0.05, 0) is 62.4 Å². The first-order valence-electron chi connectivity index (χ1n) is 9.75. The third-order valence-electron chi connectivity index (χ3n) is 5.63. The highest BCUT2D eigenvalue weighted by molar-refractivity contribution is 6.30. The fraction of sp³-hybridized carbons (Fsp3) is 0.478. The zero-order valence-electron chi connectivity index (χ0n) is 16.4. The highest BCUT2D eigenvalue weighted by Crippen LogP contribution is 2.30. The topological polar surface area (TPSA) is 43.7 Å². The van der Waals surface area contributed by atoms with Crippen LogP contribution in [0.2, 0.25) is 5.02 Å². The lowest BCUT2D eigenvalue weighted by Gasteiger charge is -2.44. The van der Waals surface area contributed by atoms with E-state index < -0.39 is 5.60 Å². The summed E-state index contributed by atoms with van der Waals surface area (Å²) >= 11 is 6.03. The van der Waals surface area contributed by atoms with Crippen molar-refractivity contribution in [3.63, 3.8) is 0 Å². The minimum atomic E-state index is -0.854. The number of piperidine rings is 1. The van der Waals surface area contributed by atoms with Gasteiger partial charge in [0.05, 0.1) is 11.7 Å². The molecule has 1 fully saturated rings. The van der Waals surface area contributed by atoms with E-state index in [1.54, 1.807) is 0 Å². The van der Waals surface area contributed by atoms with Gasteiger partial charge in [-0.3, -0.25) is 4.90 Å². The fourth-order valence-corrected chi connectivity index (χ4v) is 4.47. The zero-order valence-corrected chi connectivity index (χ0v) is 17.2. The minimum Gasteiger partial charge on any atom is -0.393 e. The number of β-amino-alcohol motifs (C(OH)–C–C–N with tert-alkyl or cyclic N) is 1. The van der Waals surface area contributed by atoms with Gasteiger partial charge in [0.25, 0.3) is 0 Å². The first-order valence-corrected chi connectivity index (χ1v) is 10.1. The molecule has 0 radical (unpaired) electrons. The SMILES string of the molecule is CC1CC(O)CC(C)N1CC(C)(O)Cc1ccccc1-c1ccc(Cl)cc1. The van der Waals surface area contributed by atoms with E-state index in [1.165, 1.54) is 0 Å². The van der Waals surface area contributed by atoms with Gasteiger partial charge in [0.2, 0.25) is 0 Å². The van der Waals surface area contributed by atoms with Crippen LogP contribution in [0.1, 0.15) is 39.2 Å². The summed E-state index contributed by atoms with van der Waals surface area (Å²) in [6.07, 6.45) is 1.87. The van der Waals surface area contributed by atoms with Crippen LogP contribution < -0.4 is 0 Å². The molecule has 1 aliphatic rings. The molecule has 1 aliphatic heterocycles. The molecule has 3 atom stereocenters. The molecule has 0 saturated carbocycles. The van der Waals surface area contributed by atoms with Gasteiger partial charge >= 0.3 is 0 Å². The summed E-state index contributed by atoms with van der Waals surface area (Å²) in [6.45, 7) is 6.78. The van der Waals surface area contributed by atoms with Crippen molar-refractivity contribution in [2.24, 2.45) is 0 Å². The first kappa shape index (κ1) is 20.3. The molecule has 1 heterocycles. The molecule has 0 aromatic heterocycles. The number of hydrogen-bond donors (Lipinski definition) is 2. The number of likely N-dealkylation sites (tertiary alicyclic amines) is 1. The minimum absolute atomic E-state index is 0.234. The summed E-state index contributed by atoms with van der Waals surface area (Å²) in [6, 6.07) is 16.6. The number of halogens is 1. The standard InChI is InChI=1S/C23H30ClNO2/c1-16-12-21(26)13-17(2)25(16)15-23(3,27)14-19-6-4-5-7-22(19)18-8-10-20(24)11-9-18/h4-11,16-17,21,26-27H,12-15H2,1-3H3. The van der Waals surface area contributed by atoms with Crippen LogP contribution in [-0.4, -0.2) is 45.4 Å². The maximum Gasteiger partial charge on any atom is 0.0786 e.